The predicted molar refractivity (Wildman–Crippen MR) is 110 cm³/mol. The molecule has 0 unspecified atom stereocenters. The second-order valence-corrected chi connectivity index (χ2v) is 6.87. The number of hydrogen-bond acceptors (Lipinski definition) is 5. The fourth-order valence-electron chi connectivity index (χ4n) is 2.89. The van der Waals surface area contributed by atoms with Crippen LogP contribution in [0.5, 0.6) is 0 Å². The number of hydrogen-bond donors (Lipinski definition) is 1. The van der Waals surface area contributed by atoms with Crippen LogP contribution in [0.2, 0.25) is 0 Å². The number of nitrogens with one attached hydrogen (secondary N) is 1. The number of anilines is 1. The quantitative estimate of drug-likeness (QED) is 0.684. The summed E-state index contributed by atoms with van der Waals surface area (Å²) in [6, 6.07) is 17.8. The molecule has 1 aromatic carbocycles. The summed E-state index contributed by atoms with van der Waals surface area (Å²) in [6.45, 7) is 7.10. The van der Waals surface area contributed by atoms with E-state index in [0.717, 1.165) is 11.5 Å². The molecular formula is C22H25N5O. The van der Waals surface area contributed by atoms with E-state index in [0.29, 0.717) is 24.6 Å². The van der Waals surface area contributed by atoms with Crippen molar-refractivity contribution in [2.75, 3.05) is 4.90 Å². The highest BCUT2D eigenvalue weighted by molar-refractivity contribution is 5.92. The van der Waals surface area contributed by atoms with E-state index in [2.05, 4.69) is 51.1 Å². The predicted octanol–water partition coefficient (Wildman–Crippen LogP) is 3.53. The molecule has 28 heavy (non-hydrogen) atoms. The van der Waals surface area contributed by atoms with Gasteiger partial charge in [0.2, 0.25) is 0 Å². The number of benzene rings is 1. The molecule has 0 radical (unpaired) electrons. The Bertz CT molecular complexity index is 913. The second-order valence-electron chi connectivity index (χ2n) is 6.87. The van der Waals surface area contributed by atoms with E-state index in [1.807, 2.05) is 36.4 Å². The lowest BCUT2D eigenvalue weighted by atomic mass is 10.2. The number of nitrogens with zero attached hydrogens (tertiary/aromatic N) is 4. The first kappa shape index (κ1) is 19.5. The molecule has 0 bridgehead atoms. The standard InChI is InChI=1S/C22H25N5O/c1-16(2)27(15-18-9-5-4-6-10-18)21-13-20(25-17(3)26-21)22(28)24-14-19-11-7-8-12-23-19/h4-13,16H,14-15H2,1-3H3,(H,24,28). The zero-order chi connectivity index (χ0) is 19.9. The molecule has 0 spiro atoms. The zero-order valence-corrected chi connectivity index (χ0v) is 16.5. The number of pyridine rings is 1. The number of amides is 1. The monoisotopic (exact) mass is 375 g/mol. The summed E-state index contributed by atoms with van der Waals surface area (Å²) in [6.07, 6.45) is 1.71. The fraction of sp³-hybridized carbons (Fsp3) is 0.273. The van der Waals surface area contributed by atoms with Crippen LogP contribution in [0.4, 0.5) is 5.82 Å². The number of carbonyl (C=O) groups is 1. The maximum Gasteiger partial charge on any atom is 0.270 e. The van der Waals surface area contributed by atoms with Gasteiger partial charge in [-0.05, 0) is 38.5 Å². The van der Waals surface area contributed by atoms with E-state index in [9.17, 15) is 4.79 Å². The van der Waals surface area contributed by atoms with E-state index in [-0.39, 0.29) is 11.9 Å². The van der Waals surface area contributed by atoms with Crippen molar-refractivity contribution in [3.63, 3.8) is 0 Å². The molecule has 0 saturated carbocycles. The van der Waals surface area contributed by atoms with Gasteiger partial charge in [0.15, 0.2) is 0 Å². The van der Waals surface area contributed by atoms with Crippen molar-refractivity contribution in [2.45, 2.75) is 39.9 Å². The number of aromatic nitrogens is 3. The Kier molecular flexibility index (Phi) is 6.32. The first-order valence-electron chi connectivity index (χ1n) is 9.37. The lowest BCUT2D eigenvalue weighted by molar-refractivity contribution is 0.0945. The first-order chi connectivity index (χ1) is 13.5. The molecule has 6 heteroatoms. The largest absolute Gasteiger partial charge is 0.350 e. The summed E-state index contributed by atoms with van der Waals surface area (Å²) in [5.74, 6) is 1.08. The summed E-state index contributed by atoms with van der Waals surface area (Å²) in [7, 11) is 0. The van der Waals surface area contributed by atoms with Crippen molar-refractivity contribution < 1.29 is 4.79 Å². The molecule has 0 atom stereocenters. The molecule has 0 aliphatic rings. The van der Waals surface area contributed by atoms with Gasteiger partial charge in [-0.2, -0.15) is 0 Å². The molecule has 0 saturated heterocycles. The van der Waals surface area contributed by atoms with Crippen LogP contribution < -0.4 is 10.2 Å². The van der Waals surface area contributed by atoms with E-state index in [1.165, 1.54) is 5.56 Å². The Morgan fingerprint density at radius 2 is 1.82 bits per heavy atom. The normalized spacial score (nSPS) is 10.7. The molecule has 2 aromatic heterocycles. The third-order valence-electron chi connectivity index (χ3n) is 4.33. The molecule has 1 N–H and O–H groups in total. The summed E-state index contributed by atoms with van der Waals surface area (Å²) >= 11 is 0. The minimum atomic E-state index is -0.235. The molecule has 144 valence electrons. The third kappa shape index (κ3) is 5.13. The zero-order valence-electron chi connectivity index (χ0n) is 16.5. The van der Waals surface area contributed by atoms with Crippen molar-refractivity contribution in [3.8, 4) is 0 Å². The highest BCUT2D eigenvalue weighted by Gasteiger charge is 2.17. The third-order valence-corrected chi connectivity index (χ3v) is 4.33. The van der Waals surface area contributed by atoms with Crippen LogP contribution in [-0.4, -0.2) is 26.9 Å². The van der Waals surface area contributed by atoms with Crippen molar-refractivity contribution in [2.24, 2.45) is 0 Å². The van der Waals surface area contributed by atoms with Gasteiger partial charge in [-0.15, -0.1) is 0 Å². The van der Waals surface area contributed by atoms with Crippen molar-refractivity contribution in [3.05, 3.63) is 83.6 Å². The minimum Gasteiger partial charge on any atom is -0.350 e. The topological polar surface area (TPSA) is 71.0 Å². The lowest BCUT2D eigenvalue weighted by Gasteiger charge is -2.28. The fourth-order valence-corrected chi connectivity index (χ4v) is 2.89. The molecule has 1 amide bonds. The van der Waals surface area contributed by atoms with E-state index in [4.69, 9.17) is 0 Å². The smallest absolute Gasteiger partial charge is 0.270 e. The van der Waals surface area contributed by atoms with Crippen LogP contribution in [0.25, 0.3) is 0 Å². The average molecular weight is 375 g/mol. The Hall–Kier alpha value is -3.28. The highest BCUT2D eigenvalue weighted by atomic mass is 16.1. The first-order valence-corrected chi connectivity index (χ1v) is 9.37. The van der Waals surface area contributed by atoms with Crippen molar-refractivity contribution in [1.82, 2.24) is 20.3 Å². The van der Waals surface area contributed by atoms with Crippen molar-refractivity contribution in [1.29, 1.82) is 0 Å². The molecule has 0 fully saturated rings. The van der Waals surface area contributed by atoms with Gasteiger partial charge in [-0.25, -0.2) is 9.97 Å². The maximum absolute atomic E-state index is 12.6. The summed E-state index contributed by atoms with van der Waals surface area (Å²) in [5, 5.41) is 2.88. The number of carbonyl (C=O) groups excluding carboxylic acids is 1. The molecule has 3 rings (SSSR count). The van der Waals surface area contributed by atoms with Crippen LogP contribution in [0.15, 0.2) is 60.8 Å². The van der Waals surface area contributed by atoms with E-state index < -0.39 is 0 Å². The summed E-state index contributed by atoms with van der Waals surface area (Å²) in [4.78, 5) is 27.9. The van der Waals surface area contributed by atoms with Crippen LogP contribution >= 0.6 is 0 Å². The Morgan fingerprint density at radius 3 is 2.50 bits per heavy atom. The van der Waals surface area contributed by atoms with Gasteiger partial charge in [-0.1, -0.05) is 36.4 Å². The van der Waals surface area contributed by atoms with Gasteiger partial charge in [0.05, 0.1) is 12.2 Å². The maximum atomic E-state index is 12.6. The van der Waals surface area contributed by atoms with E-state index >= 15 is 0 Å². The minimum absolute atomic E-state index is 0.221. The van der Waals surface area contributed by atoms with Gasteiger partial charge in [0.25, 0.3) is 5.91 Å². The molecular weight excluding hydrogens is 350 g/mol. The lowest BCUT2D eigenvalue weighted by Crippen LogP contribution is -2.32. The van der Waals surface area contributed by atoms with Gasteiger partial charge in [-0.3, -0.25) is 9.78 Å². The number of aryl methyl sites for hydroxylation is 1. The highest BCUT2D eigenvalue weighted by Crippen LogP contribution is 2.19. The Labute approximate surface area is 165 Å². The molecule has 6 nitrogen and oxygen atoms in total. The molecule has 0 aliphatic heterocycles. The van der Waals surface area contributed by atoms with Crippen LogP contribution in [0.3, 0.4) is 0 Å². The molecule has 2 heterocycles. The summed E-state index contributed by atoms with van der Waals surface area (Å²) in [5.41, 5.74) is 2.35. The van der Waals surface area contributed by atoms with Crippen molar-refractivity contribution >= 4 is 11.7 Å². The van der Waals surface area contributed by atoms with Crippen LogP contribution in [-0.2, 0) is 13.1 Å². The van der Waals surface area contributed by atoms with Gasteiger partial charge < -0.3 is 10.2 Å². The van der Waals surface area contributed by atoms with Crippen LogP contribution in [0.1, 0.15) is 41.4 Å². The van der Waals surface area contributed by atoms with Crippen LogP contribution in [0, 0.1) is 6.92 Å². The van der Waals surface area contributed by atoms with E-state index in [1.54, 1.807) is 19.2 Å². The van der Waals surface area contributed by atoms with Gasteiger partial charge in [0, 0.05) is 24.8 Å². The second kappa shape index (κ2) is 9.08. The Balaban J connectivity index is 1.79. The van der Waals surface area contributed by atoms with Gasteiger partial charge in [0.1, 0.15) is 17.3 Å². The summed E-state index contributed by atoms with van der Waals surface area (Å²) < 4.78 is 0. The average Bonchev–Trinajstić information content (AvgIpc) is 2.71. The molecule has 0 aliphatic carbocycles. The van der Waals surface area contributed by atoms with Gasteiger partial charge >= 0.3 is 0 Å². The SMILES string of the molecule is Cc1nc(C(=O)NCc2ccccn2)cc(N(Cc2ccccc2)C(C)C)n1. The number of rotatable bonds is 7. The Morgan fingerprint density at radius 1 is 1.07 bits per heavy atom. The molecule has 3 aromatic rings.